The molecule has 0 aliphatic carbocycles. The molecule has 2 unspecified atom stereocenters. The number of benzene rings is 2. The SMILES string of the molecule is CCC(N)C(Oc1ccc(Cl)c(F)c1)c1ccccc1Cl. The minimum Gasteiger partial charge on any atom is -0.484 e. The van der Waals surface area contributed by atoms with Crippen LogP contribution >= 0.6 is 23.2 Å². The third kappa shape index (κ3) is 3.88. The molecule has 2 atom stereocenters. The molecule has 0 aliphatic rings. The van der Waals surface area contributed by atoms with Crippen LogP contribution in [0.25, 0.3) is 0 Å². The van der Waals surface area contributed by atoms with Gasteiger partial charge in [-0.15, -0.1) is 0 Å². The van der Waals surface area contributed by atoms with Crippen LogP contribution in [0.4, 0.5) is 4.39 Å². The average Bonchev–Trinajstić information content (AvgIpc) is 2.48. The summed E-state index contributed by atoms with van der Waals surface area (Å²) in [6.45, 7) is 1.96. The van der Waals surface area contributed by atoms with Crippen molar-refractivity contribution >= 4 is 23.2 Å². The fourth-order valence-electron chi connectivity index (χ4n) is 2.00. The van der Waals surface area contributed by atoms with Crippen molar-refractivity contribution in [3.8, 4) is 5.75 Å². The van der Waals surface area contributed by atoms with Gasteiger partial charge in [0, 0.05) is 22.7 Å². The second kappa shape index (κ2) is 7.12. The molecule has 0 saturated heterocycles. The summed E-state index contributed by atoms with van der Waals surface area (Å²) in [5, 5.41) is 0.622. The molecule has 0 bridgehead atoms. The zero-order valence-corrected chi connectivity index (χ0v) is 13.0. The molecule has 0 spiro atoms. The van der Waals surface area contributed by atoms with Crippen LogP contribution in [0.2, 0.25) is 10.0 Å². The first-order valence-electron chi connectivity index (χ1n) is 6.64. The lowest BCUT2D eigenvalue weighted by atomic mass is 10.0. The molecule has 0 aliphatic heterocycles. The summed E-state index contributed by atoms with van der Waals surface area (Å²) >= 11 is 11.9. The van der Waals surface area contributed by atoms with Crippen molar-refractivity contribution in [3.05, 3.63) is 63.9 Å². The van der Waals surface area contributed by atoms with Crippen molar-refractivity contribution < 1.29 is 9.13 Å². The number of ether oxygens (including phenoxy) is 1. The molecule has 0 amide bonds. The van der Waals surface area contributed by atoms with E-state index in [1.807, 2.05) is 25.1 Å². The second-order valence-corrected chi connectivity index (χ2v) is 5.52. The molecule has 0 aromatic heterocycles. The van der Waals surface area contributed by atoms with Gasteiger partial charge in [0.05, 0.1) is 5.02 Å². The van der Waals surface area contributed by atoms with Gasteiger partial charge < -0.3 is 10.5 Å². The third-order valence-corrected chi connectivity index (χ3v) is 3.88. The van der Waals surface area contributed by atoms with E-state index in [-0.39, 0.29) is 11.1 Å². The zero-order valence-electron chi connectivity index (χ0n) is 11.5. The van der Waals surface area contributed by atoms with Gasteiger partial charge in [0.1, 0.15) is 17.7 Å². The molecule has 0 radical (unpaired) electrons. The normalized spacial score (nSPS) is 13.8. The first-order chi connectivity index (χ1) is 10.0. The number of halogens is 3. The Labute approximate surface area is 133 Å². The summed E-state index contributed by atoms with van der Waals surface area (Å²) in [5.41, 5.74) is 6.91. The molecule has 2 nitrogen and oxygen atoms in total. The molecule has 0 saturated carbocycles. The first-order valence-corrected chi connectivity index (χ1v) is 7.40. The molecule has 0 heterocycles. The Morgan fingerprint density at radius 1 is 1.14 bits per heavy atom. The fourth-order valence-corrected chi connectivity index (χ4v) is 2.36. The minimum atomic E-state index is -0.530. The Kier molecular flexibility index (Phi) is 5.45. The van der Waals surface area contributed by atoms with Gasteiger partial charge in [-0.05, 0) is 24.6 Å². The van der Waals surface area contributed by atoms with Gasteiger partial charge in [-0.3, -0.25) is 0 Å². The van der Waals surface area contributed by atoms with E-state index in [2.05, 4.69) is 0 Å². The predicted octanol–water partition coefficient (Wildman–Crippen LogP) is 4.99. The van der Waals surface area contributed by atoms with Crippen LogP contribution in [0.15, 0.2) is 42.5 Å². The summed E-state index contributed by atoms with van der Waals surface area (Å²) in [7, 11) is 0. The lowest BCUT2D eigenvalue weighted by Gasteiger charge is -2.25. The van der Waals surface area contributed by atoms with Gasteiger partial charge in [0.25, 0.3) is 0 Å². The molecule has 112 valence electrons. The highest BCUT2D eigenvalue weighted by atomic mass is 35.5. The quantitative estimate of drug-likeness (QED) is 0.839. The fraction of sp³-hybridized carbons (Fsp3) is 0.250. The number of hydrogen-bond donors (Lipinski definition) is 1. The second-order valence-electron chi connectivity index (χ2n) is 4.71. The molecule has 2 aromatic carbocycles. The maximum atomic E-state index is 13.5. The van der Waals surface area contributed by atoms with Crippen molar-refractivity contribution in [2.45, 2.75) is 25.5 Å². The van der Waals surface area contributed by atoms with Gasteiger partial charge in [-0.1, -0.05) is 48.3 Å². The van der Waals surface area contributed by atoms with Crippen LogP contribution in [0.1, 0.15) is 25.0 Å². The maximum Gasteiger partial charge on any atom is 0.145 e. The summed E-state index contributed by atoms with van der Waals surface area (Å²) in [6, 6.07) is 11.4. The van der Waals surface area contributed by atoms with E-state index in [1.165, 1.54) is 12.1 Å². The van der Waals surface area contributed by atoms with Crippen molar-refractivity contribution in [2.24, 2.45) is 5.73 Å². The average molecular weight is 328 g/mol. The maximum absolute atomic E-state index is 13.5. The van der Waals surface area contributed by atoms with Gasteiger partial charge in [0.2, 0.25) is 0 Å². The van der Waals surface area contributed by atoms with E-state index in [4.69, 9.17) is 33.7 Å². The molecule has 2 rings (SSSR count). The minimum absolute atomic E-state index is 0.0523. The van der Waals surface area contributed by atoms with Gasteiger partial charge in [-0.2, -0.15) is 0 Å². The first kappa shape index (κ1) is 16.1. The van der Waals surface area contributed by atoms with Crippen LogP contribution in [0.3, 0.4) is 0 Å². The number of hydrogen-bond acceptors (Lipinski definition) is 2. The Morgan fingerprint density at radius 3 is 2.48 bits per heavy atom. The van der Waals surface area contributed by atoms with E-state index in [0.717, 1.165) is 5.56 Å². The Morgan fingerprint density at radius 2 is 1.86 bits per heavy atom. The Bertz CT molecular complexity index is 621. The van der Waals surface area contributed by atoms with Crippen molar-refractivity contribution in [2.75, 3.05) is 0 Å². The van der Waals surface area contributed by atoms with Crippen LogP contribution in [0.5, 0.6) is 5.75 Å². The van der Waals surface area contributed by atoms with Crippen LogP contribution < -0.4 is 10.5 Å². The van der Waals surface area contributed by atoms with Gasteiger partial charge in [-0.25, -0.2) is 4.39 Å². The number of rotatable bonds is 5. The van der Waals surface area contributed by atoms with E-state index in [9.17, 15) is 4.39 Å². The summed E-state index contributed by atoms with van der Waals surface area (Å²) in [5.74, 6) is -0.164. The van der Waals surface area contributed by atoms with Crippen molar-refractivity contribution in [1.82, 2.24) is 0 Å². The van der Waals surface area contributed by atoms with Gasteiger partial charge >= 0.3 is 0 Å². The highest BCUT2D eigenvalue weighted by Crippen LogP contribution is 2.31. The van der Waals surface area contributed by atoms with Crippen LogP contribution in [-0.2, 0) is 0 Å². The third-order valence-electron chi connectivity index (χ3n) is 3.23. The van der Waals surface area contributed by atoms with Crippen LogP contribution in [-0.4, -0.2) is 6.04 Å². The van der Waals surface area contributed by atoms with E-state index in [0.29, 0.717) is 17.2 Å². The molecule has 5 heteroatoms. The molecular weight excluding hydrogens is 312 g/mol. The molecular formula is C16H16Cl2FNO. The largest absolute Gasteiger partial charge is 0.484 e. The summed E-state index contributed by atoms with van der Waals surface area (Å²) in [4.78, 5) is 0. The predicted molar refractivity (Wildman–Crippen MR) is 84.5 cm³/mol. The highest BCUT2D eigenvalue weighted by Gasteiger charge is 2.23. The lowest BCUT2D eigenvalue weighted by Crippen LogP contribution is -2.31. The Balaban J connectivity index is 2.33. The van der Waals surface area contributed by atoms with E-state index >= 15 is 0 Å². The van der Waals surface area contributed by atoms with E-state index < -0.39 is 11.9 Å². The summed E-state index contributed by atoms with van der Waals surface area (Å²) < 4.78 is 19.4. The smallest absolute Gasteiger partial charge is 0.145 e. The van der Waals surface area contributed by atoms with E-state index in [1.54, 1.807) is 12.1 Å². The van der Waals surface area contributed by atoms with Crippen molar-refractivity contribution in [1.29, 1.82) is 0 Å². The molecule has 0 fully saturated rings. The highest BCUT2D eigenvalue weighted by molar-refractivity contribution is 6.31. The molecule has 21 heavy (non-hydrogen) atoms. The van der Waals surface area contributed by atoms with Crippen molar-refractivity contribution in [3.63, 3.8) is 0 Å². The molecule has 2 N–H and O–H groups in total. The summed E-state index contributed by atoms with van der Waals surface area (Å²) in [6.07, 6.45) is 0.246. The lowest BCUT2D eigenvalue weighted by molar-refractivity contribution is 0.170. The Hall–Kier alpha value is -1.29. The van der Waals surface area contributed by atoms with Gasteiger partial charge in [0.15, 0.2) is 0 Å². The molecule has 2 aromatic rings. The monoisotopic (exact) mass is 327 g/mol. The van der Waals surface area contributed by atoms with Crippen LogP contribution in [0, 0.1) is 5.82 Å². The zero-order chi connectivity index (χ0) is 15.4. The number of nitrogens with two attached hydrogens (primary N) is 1. The standard InChI is InChI=1S/C16H16Cl2FNO/c1-2-15(20)16(11-5-3-4-6-12(11)17)21-10-7-8-13(18)14(19)9-10/h3-9,15-16H,2,20H2,1H3. The topological polar surface area (TPSA) is 35.2 Å².